The summed E-state index contributed by atoms with van der Waals surface area (Å²) in [4.78, 5) is 13.1. The number of fused-ring (bicyclic) bond motifs is 2. The molecule has 3 aromatic rings. The largest absolute Gasteiger partial charge is 0.497 e. The molecule has 0 aliphatic carbocycles. The van der Waals surface area contributed by atoms with Crippen LogP contribution >= 0.6 is 0 Å². The van der Waals surface area contributed by atoms with E-state index in [4.69, 9.17) is 19.6 Å². The van der Waals surface area contributed by atoms with E-state index in [0.29, 0.717) is 22.3 Å². The molecule has 1 aliphatic heterocycles. The van der Waals surface area contributed by atoms with Gasteiger partial charge in [0.05, 0.1) is 24.0 Å². The van der Waals surface area contributed by atoms with E-state index in [2.05, 4.69) is 6.07 Å². The van der Waals surface area contributed by atoms with Gasteiger partial charge in [0, 0.05) is 0 Å². The lowest BCUT2D eigenvalue weighted by Crippen LogP contribution is -2.26. The molecule has 26 heavy (non-hydrogen) atoms. The minimum atomic E-state index is -0.695. The Morgan fingerprint density at radius 2 is 2.00 bits per heavy atom. The molecule has 1 aromatic heterocycles. The second-order valence-corrected chi connectivity index (χ2v) is 5.83. The fourth-order valence-electron chi connectivity index (χ4n) is 3.18. The molecular weight excluding hydrogens is 332 g/mol. The molecule has 2 heterocycles. The molecule has 0 amide bonds. The normalized spacial score (nSPS) is 15.9. The summed E-state index contributed by atoms with van der Waals surface area (Å²) >= 11 is 0. The Morgan fingerprint density at radius 1 is 1.19 bits per heavy atom. The first-order valence-corrected chi connectivity index (χ1v) is 7.91. The monoisotopic (exact) mass is 346 g/mol. The van der Waals surface area contributed by atoms with E-state index in [1.807, 2.05) is 6.07 Å². The zero-order valence-electron chi connectivity index (χ0n) is 13.9. The highest BCUT2D eigenvalue weighted by Crippen LogP contribution is 2.42. The Bertz CT molecular complexity index is 1150. The summed E-state index contributed by atoms with van der Waals surface area (Å²) in [7, 11) is 1.55. The molecule has 0 saturated heterocycles. The van der Waals surface area contributed by atoms with Crippen LogP contribution in [0.3, 0.4) is 0 Å². The summed E-state index contributed by atoms with van der Waals surface area (Å²) in [5, 5.41) is 10.0. The fraction of sp³-hybridized carbons (Fsp3) is 0.100. The van der Waals surface area contributed by atoms with Crippen molar-refractivity contribution in [2.45, 2.75) is 5.92 Å². The number of para-hydroxylation sites is 1. The second-order valence-electron chi connectivity index (χ2n) is 5.83. The van der Waals surface area contributed by atoms with Gasteiger partial charge in [0.2, 0.25) is 11.3 Å². The smallest absolute Gasteiger partial charge is 0.300 e. The van der Waals surface area contributed by atoms with Gasteiger partial charge in [-0.2, -0.15) is 5.26 Å². The zero-order valence-corrected chi connectivity index (χ0v) is 13.9. The third-order valence-electron chi connectivity index (χ3n) is 4.39. The molecule has 1 aliphatic rings. The van der Waals surface area contributed by atoms with E-state index in [1.165, 1.54) is 0 Å². The zero-order chi connectivity index (χ0) is 18.3. The molecule has 128 valence electrons. The van der Waals surface area contributed by atoms with E-state index in [-0.39, 0.29) is 28.4 Å². The quantitative estimate of drug-likeness (QED) is 0.766. The SMILES string of the molecule is COc1cccc([C@@H]2C(C#N)=C(N)Oc3oc4ccccc4c(=O)c32)c1. The van der Waals surface area contributed by atoms with Crippen LogP contribution in [0.5, 0.6) is 11.7 Å². The molecule has 0 saturated carbocycles. The molecular formula is C20H14N2O4. The molecule has 1 atom stereocenters. The van der Waals surface area contributed by atoms with Crippen LogP contribution in [0.1, 0.15) is 17.0 Å². The van der Waals surface area contributed by atoms with Crippen LogP contribution in [-0.4, -0.2) is 7.11 Å². The number of benzene rings is 2. The van der Waals surface area contributed by atoms with E-state index < -0.39 is 5.92 Å². The number of nitriles is 1. The van der Waals surface area contributed by atoms with Crippen LogP contribution in [-0.2, 0) is 0 Å². The maximum absolute atomic E-state index is 13.1. The third-order valence-corrected chi connectivity index (χ3v) is 4.39. The molecule has 4 rings (SSSR count). The van der Waals surface area contributed by atoms with Gasteiger partial charge < -0.3 is 19.6 Å². The average Bonchev–Trinajstić information content (AvgIpc) is 2.67. The van der Waals surface area contributed by atoms with Crippen LogP contribution in [0, 0.1) is 11.3 Å². The van der Waals surface area contributed by atoms with Gasteiger partial charge in [-0.25, -0.2) is 0 Å². The van der Waals surface area contributed by atoms with Crippen molar-refractivity contribution in [2.75, 3.05) is 7.11 Å². The molecule has 0 radical (unpaired) electrons. The van der Waals surface area contributed by atoms with Gasteiger partial charge in [-0.15, -0.1) is 0 Å². The van der Waals surface area contributed by atoms with Crippen LogP contribution in [0.15, 0.2) is 69.2 Å². The summed E-state index contributed by atoms with van der Waals surface area (Å²) < 4.78 is 16.5. The first-order valence-electron chi connectivity index (χ1n) is 7.91. The van der Waals surface area contributed by atoms with Crippen LogP contribution in [0.2, 0.25) is 0 Å². The average molecular weight is 346 g/mol. The molecule has 2 aromatic carbocycles. The first kappa shape index (κ1) is 15.8. The minimum Gasteiger partial charge on any atom is -0.497 e. The van der Waals surface area contributed by atoms with Crippen molar-refractivity contribution in [3.63, 3.8) is 0 Å². The first-order chi connectivity index (χ1) is 12.6. The number of rotatable bonds is 2. The lowest BCUT2D eigenvalue weighted by molar-refractivity contribution is 0.296. The fourth-order valence-corrected chi connectivity index (χ4v) is 3.18. The number of ether oxygens (including phenoxy) is 2. The van der Waals surface area contributed by atoms with Gasteiger partial charge in [-0.05, 0) is 29.8 Å². The van der Waals surface area contributed by atoms with Gasteiger partial charge in [0.1, 0.15) is 23.0 Å². The molecule has 0 fully saturated rings. The minimum absolute atomic E-state index is 0.0121. The molecule has 6 nitrogen and oxygen atoms in total. The molecule has 6 heteroatoms. The van der Waals surface area contributed by atoms with Crippen molar-refractivity contribution in [3.05, 3.63) is 81.3 Å². The number of allylic oxidation sites excluding steroid dienone is 1. The van der Waals surface area contributed by atoms with Gasteiger partial charge >= 0.3 is 0 Å². The molecule has 0 spiro atoms. The van der Waals surface area contributed by atoms with Gasteiger partial charge in [-0.1, -0.05) is 24.3 Å². The summed E-state index contributed by atoms with van der Waals surface area (Å²) in [6.07, 6.45) is 0. The second kappa shape index (κ2) is 5.97. The Morgan fingerprint density at radius 3 is 2.77 bits per heavy atom. The van der Waals surface area contributed by atoms with E-state index >= 15 is 0 Å². The summed E-state index contributed by atoms with van der Waals surface area (Å²) in [5.74, 6) is -0.152. The number of hydrogen-bond acceptors (Lipinski definition) is 6. The molecule has 0 unspecified atom stereocenters. The molecule has 2 N–H and O–H groups in total. The van der Waals surface area contributed by atoms with Crippen molar-refractivity contribution in [1.29, 1.82) is 5.26 Å². The lowest BCUT2D eigenvalue weighted by atomic mass is 9.84. The Kier molecular flexibility index (Phi) is 3.63. The lowest BCUT2D eigenvalue weighted by Gasteiger charge is -2.25. The van der Waals surface area contributed by atoms with Gasteiger partial charge in [-0.3, -0.25) is 4.79 Å². The highest BCUT2D eigenvalue weighted by atomic mass is 16.6. The number of nitrogens with zero attached hydrogens (tertiary/aromatic N) is 1. The van der Waals surface area contributed by atoms with Crippen molar-refractivity contribution in [2.24, 2.45) is 5.73 Å². The Balaban J connectivity index is 2.06. The topological polar surface area (TPSA) is 98.5 Å². The highest BCUT2D eigenvalue weighted by Gasteiger charge is 2.35. The van der Waals surface area contributed by atoms with Crippen molar-refractivity contribution < 1.29 is 13.9 Å². The van der Waals surface area contributed by atoms with Gasteiger partial charge in [0.15, 0.2) is 0 Å². The number of hydrogen-bond donors (Lipinski definition) is 1. The standard InChI is InChI=1S/C20H14N2O4/c1-24-12-6-4-5-11(9-12)16-14(10-21)19(22)26-20-17(16)18(23)13-7-2-3-8-15(13)25-20/h2-9,16H,22H2,1H3/t16-/m1/s1. The van der Waals surface area contributed by atoms with Crippen molar-refractivity contribution >= 4 is 11.0 Å². The van der Waals surface area contributed by atoms with Crippen LogP contribution < -0.4 is 20.6 Å². The maximum atomic E-state index is 13.1. The Hall–Kier alpha value is -3.72. The summed E-state index contributed by atoms with van der Waals surface area (Å²) in [5.41, 5.74) is 7.18. The molecule has 0 bridgehead atoms. The van der Waals surface area contributed by atoms with E-state index in [1.54, 1.807) is 49.6 Å². The van der Waals surface area contributed by atoms with Gasteiger partial charge in [0.25, 0.3) is 5.95 Å². The predicted octanol–water partition coefficient (Wildman–Crippen LogP) is 3.02. The van der Waals surface area contributed by atoms with E-state index in [0.717, 1.165) is 0 Å². The maximum Gasteiger partial charge on any atom is 0.300 e. The predicted molar refractivity (Wildman–Crippen MR) is 94.8 cm³/mol. The third kappa shape index (κ3) is 2.30. The van der Waals surface area contributed by atoms with Crippen molar-refractivity contribution in [1.82, 2.24) is 0 Å². The highest BCUT2D eigenvalue weighted by molar-refractivity contribution is 5.78. The van der Waals surface area contributed by atoms with Crippen LogP contribution in [0.25, 0.3) is 11.0 Å². The summed E-state index contributed by atoms with van der Waals surface area (Å²) in [6, 6.07) is 16.1. The Labute approximate surface area is 148 Å². The van der Waals surface area contributed by atoms with Crippen LogP contribution in [0.4, 0.5) is 0 Å². The number of nitrogens with two attached hydrogens (primary N) is 1. The summed E-state index contributed by atoms with van der Waals surface area (Å²) in [6.45, 7) is 0. The van der Waals surface area contributed by atoms with E-state index in [9.17, 15) is 10.1 Å². The van der Waals surface area contributed by atoms with Crippen molar-refractivity contribution in [3.8, 4) is 17.8 Å². The number of methoxy groups -OCH3 is 1.